The molecule has 4 nitrogen and oxygen atoms in total. The monoisotopic (exact) mass is 482 g/mol. The summed E-state index contributed by atoms with van der Waals surface area (Å²) in [6, 6.07) is 19.3. The number of hydrogen-bond acceptors (Lipinski definition) is 4. The molecule has 2 heterocycles. The van der Waals surface area contributed by atoms with Crippen molar-refractivity contribution in [3.8, 4) is 16.9 Å². The quantitative estimate of drug-likeness (QED) is 0.324. The molecular weight excluding hydrogens is 463 g/mol. The third-order valence-electron chi connectivity index (χ3n) is 5.61. The first kappa shape index (κ1) is 21.1. The van der Waals surface area contributed by atoms with E-state index in [0.717, 1.165) is 44.6 Å². The van der Waals surface area contributed by atoms with E-state index < -0.39 is 0 Å². The molecule has 162 valence electrons. The van der Waals surface area contributed by atoms with Crippen LogP contribution >= 0.6 is 34.5 Å². The Balaban J connectivity index is 1.56. The van der Waals surface area contributed by atoms with Gasteiger partial charge in [0.15, 0.2) is 0 Å². The molecule has 0 bridgehead atoms. The Kier molecular flexibility index (Phi) is 5.72. The van der Waals surface area contributed by atoms with Gasteiger partial charge < -0.3 is 15.4 Å². The van der Waals surface area contributed by atoms with Crippen molar-refractivity contribution in [1.82, 2.24) is 5.32 Å². The van der Waals surface area contributed by atoms with Crippen molar-refractivity contribution in [3.63, 3.8) is 0 Å². The normalized spacial score (nSPS) is 15.2. The molecule has 1 aliphatic heterocycles. The number of carbonyl (C=O) groups excluding carboxylic acids is 1. The van der Waals surface area contributed by atoms with E-state index in [-0.39, 0.29) is 11.9 Å². The third kappa shape index (κ3) is 3.81. The summed E-state index contributed by atoms with van der Waals surface area (Å²) in [6.45, 7) is 0.576. The second-order valence-electron chi connectivity index (χ2n) is 7.60. The van der Waals surface area contributed by atoms with Gasteiger partial charge in [-0.2, -0.15) is 0 Å². The van der Waals surface area contributed by atoms with Gasteiger partial charge in [0.2, 0.25) is 0 Å². The largest absolute Gasteiger partial charge is 0.493 e. The van der Waals surface area contributed by atoms with Gasteiger partial charge in [-0.15, -0.1) is 11.3 Å². The Morgan fingerprint density at radius 3 is 2.62 bits per heavy atom. The van der Waals surface area contributed by atoms with E-state index in [1.165, 1.54) is 11.3 Å². The number of halogens is 2. The average Bonchev–Trinajstić information content (AvgIpc) is 3.17. The lowest BCUT2D eigenvalue weighted by Crippen LogP contribution is -2.32. The summed E-state index contributed by atoms with van der Waals surface area (Å²) in [6.07, 6.45) is 0.731. The van der Waals surface area contributed by atoms with Crippen LogP contribution in [0.15, 0.2) is 60.7 Å². The number of ether oxygens (including phenoxy) is 1. The van der Waals surface area contributed by atoms with Gasteiger partial charge in [0.25, 0.3) is 5.91 Å². The van der Waals surface area contributed by atoms with Crippen molar-refractivity contribution in [3.05, 3.63) is 81.1 Å². The van der Waals surface area contributed by atoms with Crippen LogP contribution in [-0.2, 0) is 0 Å². The van der Waals surface area contributed by atoms with Crippen LogP contribution in [-0.4, -0.2) is 19.6 Å². The first-order valence-corrected chi connectivity index (χ1v) is 11.8. The Labute approximate surface area is 200 Å². The Morgan fingerprint density at radius 1 is 1.06 bits per heavy atom. The van der Waals surface area contributed by atoms with E-state index in [1.807, 2.05) is 61.6 Å². The second-order valence-corrected chi connectivity index (χ2v) is 9.49. The highest BCUT2D eigenvalue weighted by Gasteiger charge is 2.26. The molecule has 4 aromatic rings. The standard InChI is InChI=1S/C25H20Cl2N2O2S/c1-28-22-19-7-4-6-17(14-11-15(26)13-16(27)12-14)23(19)32-24(22)25(30)29-20-9-10-31-21-8-3-2-5-18(20)21/h2-8,11-13,20,28H,9-10H2,1H3,(H,29,30)/t20-/m0/s1. The number of nitrogens with one attached hydrogen (secondary N) is 2. The highest BCUT2D eigenvalue weighted by Crippen LogP contribution is 2.42. The Hall–Kier alpha value is -2.73. The molecule has 0 spiro atoms. The van der Waals surface area contributed by atoms with Crippen molar-refractivity contribution in [2.75, 3.05) is 19.0 Å². The molecule has 0 radical (unpaired) electrons. The molecule has 7 heteroatoms. The zero-order chi connectivity index (χ0) is 22.2. The van der Waals surface area contributed by atoms with Crippen molar-refractivity contribution in [2.24, 2.45) is 0 Å². The number of thiophene rings is 1. The van der Waals surface area contributed by atoms with E-state index in [0.29, 0.717) is 21.5 Å². The molecule has 3 aromatic carbocycles. The number of hydrogen-bond donors (Lipinski definition) is 2. The minimum Gasteiger partial charge on any atom is -0.493 e. The van der Waals surface area contributed by atoms with Crippen molar-refractivity contribution < 1.29 is 9.53 Å². The van der Waals surface area contributed by atoms with E-state index in [4.69, 9.17) is 27.9 Å². The molecule has 1 aromatic heterocycles. The zero-order valence-corrected chi connectivity index (χ0v) is 19.6. The number of anilines is 1. The maximum absolute atomic E-state index is 13.4. The van der Waals surface area contributed by atoms with Gasteiger partial charge in [-0.3, -0.25) is 4.79 Å². The summed E-state index contributed by atoms with van der Waals surface area (Å²) in [5.74, 6) is 0.724. The molecule has 0 unspecified atom stereocenters. The van der Waals surface area contributed by atoms with Crippen LogP contribution in [0.2, 0.25) is 10.0 Å². The van der Waals surface area contributed by atoms with Crippen molar-refractivity contribution >= 4 is 56.2 Å². The average molecular weight is 483 g/mol. The van der Waals surface area contributed by atoms with Crippen LogP contribution in [0, 0.1) is 0 Å². The number of carbonyl (C=O) groups is 1. The fourth-order valence-corrected chi connectivity index (χ4v) is 5.95. The minimum atomic E-state index is -0.104. The van der Waals surface area contributed by atoms with Gasteiger partial charge in [0, 0.05) is 39.2 Å². The first-order chi connectivity index (χ1) is 15.5. The Bertz CT molecular complexity index is 1310. The van der Waals surface area contributed by atoms with Crippen LogP contribution in [0.3, 0.4) is 0 Å². The predicted molar refractivity (Wildman–Crippen MR) is 134 cm³/mol. The molecule has 0 fully saturated rings. The molecule has 0 saturated carbocycles. The smallest absolute Gasteiger partial charge is 0.264 e. The molecule has 1 aliphatic rings. The van der Waals surface area contributed by atoms with E-state index in [1.54, 1.807) is 6.07 Å². The van der Waals surface area contributed by atoms with Crippen LogP contribution in [0.1, 0.15) is 27.7 Å². The van der Waals surface area contributed by atoms with Gasteiger partial charge in [0.05, 0.1) is 18.3 Å². The second kappa shape index (κ2) is 8.66. The molecule has 32 heavy (non-hydrogen) atoms. The summed E-state index contributed by atoms with van der Waals surface area (Å²) < 4.78 is 6.74. The molecule has 1 atom stereocenters. The Morgan fingerprint density at radius 2 is 1.84 bits per heavy atom. The van der Waals surface area contributed by atoms with Crippen molar-refractivity contribution in [1.29, 1.82) is 0 Å². The summed E-state index contributed by atoms with van der Waals surface area (Å²) in [7, 11) is 1.84. The fourth-order valence-electron chi connectivity index (χ4n) is 4.18. The van der Waals surface area contributed by atoms with E-state index in [2.05, 4.69) is 10.6 Å². The number of rotatable bonds is 4. The number of benzene rings is 3. The van der Waals surface area contributed by atoms with Gasteiger partial charge in [-0.25, -0.2) is 0 Å². The molecule has 1 amide bonds. The highest BCUT2D eigenvalue weighted by molar-refractivity contribution is 7.22. The number of fused-ring (bicyclic) bond motifs is 2. The highest BCUT2D eigenvalue weighted by atomic mass is 35.5. The van der Waals surface area contributed by atoms with Crippen molar-refractivity contribution in [2.45, 2.75) is 12.5 Å². The lowest BCUT2D eigenvalue weighted by Gasteiger charge is -2.26. The number of para-hydroxylation sites is 1. The lowest BCUT2D eigenvalue weighted by atomic mass is 10.0. The maximum Gasteiger partial charge on any atom is 0.264 e. The topological polar surface area (TPSA) is 50.4 Å². The number of amides is 1. The lowest BCUT2D eigenvalue weighted by molar-refractivity contribution is 0.0929. The van der Waals surface area contributed by atoms with Crippen LogP contribution in [0.5, 0.6) is 5.75 Å². The van der Waals surface area contributed by atoms with Gasteiger partial charge in [0.1, 0.15) is 10.6 Å². The SMILES string of the molecule is CNc1c(C(=O)N[C@H]2CCOc3ccccc32)sc2c(-c3cc(Cl)cc(Cl)c3)cccc12. The van der Waals surface area contributed by atoms with E-state index >= 15 is 0 Å². The molecule has 0 aliphatic carbocycles. The summed E-state index contributed by atoms with van der Waals surface area (Å²) in [5, 5.41) is 8.58. The molecule has 0 saturated heterocycles. The van der Waals surface area contributed by atoms with Gasteiger partial charge in [-0.05, 0) is 35.4 Å². The van der Waals surface area contributed by atoms with Crippen LogP contribution in [0.4, 0.5) is 5.69 Å². The third-order valence-corrected chi connectivity index (χ3v) is 7.28. The molecule has 2 N–H and O–H groups in total. The maximum atomic E-state index is 13.4. The first-order valence-electron chi connectivity index (χ1n) is 10.3. The van der Waals surface area contributed by atoms with Crippen LogP contribution < -0.4 is 15.4 Å². The summed E-state index contributed by atoms with van der Waals surface area (Å²) in [5.41, 5.74) is 3.73. The molecular formula is C25H20Cl2N2O2S. The van der Waals surface area contributed by atoms with Crippen LogP contribution in [0.25, 0.3) is 21.2 Å². The summed E-state index contributed by atoms with van der Waals surface area (Å²) in [4.78, 5) is 14.0. The minimum absolute atomic E-state index is 0.0893. The van der Waals surface area contributed by atoms with Gasteiger partial charge >= 0.3 is 0 Å². The molecule has 5 rings (SSSR count). The zero-order valence-electron chi connectivity index (χ0n) is 17.2. The predicted octanol–water partition coefficient (Wildman–Crippen LogP) is 7.17. The fraction of sp³-hybridized carbons (Fsp3) is 0.160. The van der Waals surface area contributed by atoms with Gasteiger partial charge in [-0.1, -0.05) is 59.6 Å². The van der Waals surface area contributed by atoms with E-state index in [9.17, 15) is 4.79 Å². The summed E-state index contributed by atoms with van der Waals surface area (Å²) >= 11 is 14.0.